The van der Waals surface area contributed by atoms with Crippen molar-refractivity contribution in [2.45, 2.75) is 39.0 Å². The molecule has 0 saturated carbocycles. The van der Waals surface area contributed by atoms with E-state index in [2.05, 4.69) is 39.1 Å². The van der Waals surface area contributed by atoms with Crippen LogP contribution >= 0.6 is 15.9 Å². The van der Waals surface area contributed by atoms with Crippen molar-refractivity contribution in [3.8, 4) is 11.5 Å². The molecule has 1 aliphatic heterocycles. The van der Waals surface area contributed by atoms with Gasteiger partial charge in [-0.25, -0.2) is 4.39 Å². The molecule has 0 bridgehead atoms. The summed E-state index contributed by atoms with van der Waals surface area (Å²) in [6, 6.07) is 11.0. The van der Waals surface area contributed by atoms with Crippen LogP contribution in [0.5, 0.6) is 11.5 Å². The highest BCUT2D eigenvalue weighted by atomic mass is 79.9. The van der Waals surface area contributed by atoms with Crippen molar-refractivity contribution in [1.29, 1.82) is 0 Å². The van der Waals surface area contributed by atoms with Crippen molar-refractivity contribution in [3.05, 3.63) is 57.8 Å². The summed E-state index contributed by atoms with van der Waals surface area (Å²) < 4.78 is 25.4. The number of rotatable bonds is 9. The summed E-state index contributed by atoms with van der Waals surface area (Å²) in [6.45, 7) is 6.68. The van der Waals surface area contributed by atoms with E-state index in [4.69, 9.17) is 9.47 Å². The SMILES string of the molecule is CCN1CCC[C@@H]1CNCc1cc(Br)c(OCc2ccc(F)cc2)c(OC)c1. The average molecular weight is 451 g/mol. The van der Waals surface area contributed by atoms with E-state index < -0.39 is 0 Å². The van der Waals surface area contributed by atoms with E-state index in [0.717, 1.165) is 35.2 Å². The van der Waals surface area contributed by atoms with Gasteiger partial charge in [0.25, 0.3) is 0 Å². The van der Waals surface area contributed by atoms with E-state index in [0.29, 0.717) is 24.1 Å². The lowest BCUT2D eigenvalue weighted by Gasteiger charge is -2.23. The molecule has 2 aromatic rings. The summed E-state index contributed by atoms with van der Waals surface area (Å²) >= 11 is 3.60. The fourth-order valence-corrected chi connectivity index (χ4v) is 4.28. The number of likely N-dealkylation sites (N-methyl/N-ethyl adjacent to an activating group) is 1. The van der Waals surface area contributed by atoms with Crippen molar-refractivity contribution in [2.75, 3.05) is 26.7 Å². The van der Waals surface area contributed by atoms with Gasteiger partial charge in [0, 0.05) is 19.1 Å². The van der Waals surface area contributed by atoms with Gasteiger partial charge >= 0.3 is 0 Å². The quantitative estimate of drug-likeness (QED) is 0.597. The first kappa shape index (κ1) is 21.1. The van der Waals surface area contributed by atoms with E-state index in [-0.39, 0.29) is 5.82 Å². The monoisotopic (exact) mass is 450 g/mol. The van der Waals surface area contributed by atoms with Crippen molar-refractivity contribution >= 4 is 15.9 Å². The molecule has 152 valence electrons. The van der Waals surface area contributed by atoms with Crippen molar-refractivity contribution in [1.82, 2.24) is 10.2 Å². The zero-order valence-corrected chi connectivity index (χ0v) is 18.1. The molecule has 1 saturated heterocycles. The maximum Gasteiger partial charge on any atom is 0.175 e. The molecule has 6 heteroatoms. The zero-order valence-electron chi connectivity index (χ0n) is 16.5. The first-order valence-electron chi connectivity index (χ1n) is 9.79. The summed E-state index contributed by atoms with van der Waals surface area (Å²) in [7, 11) is 1.64. The number of nitrogens with zero attached hydrogens (tertiary/aromatic N) is 1. The Hall–Kier alpha value is -1.63. The predicted molar refractivity (Wildman–Crippen MR) is 113 cm³/mol. The standard InChI is InChI=1S/C22H28BrFN2O2/c1-3-26-10-4-5-19(26)14-25-13-17-11-20(23)22(21(12-17)27-2)28-15-16-6-8-18(24)9-7-16/h6-9,11-12,19,25H,3-5,10,13-15H2,1-2H3/t19-/m1/s1. The molecule has 0 aliphatic carbocycles. The number of benzene rings is 2. The van der Waals surface area contributed by atoms with Crippen molar-refractivity contribution < 1.29 is 13.9 Å². The Kier molecular flexibility index (Phi) is 7.71. The minimum Gasteiger partial charge on any atom is -0.493 e. The smallest absolute Gasteiger partial charge is 0.175 e. The largest absolute Gasteiger partial charge is 0.493 e. The molecule has 1 heterocycles. The van der Waals surface area contributed by atoms with Gasteiger partial charge in [0.1, 0.15) is 12.4 Å². The Balaban J connectivity index is 1.59. The minimum absolute atomic E-state index is 0.251. The summed E-state index contributed by atoms with van der Waals surface area (Å²) in [6.07, 6.45) is 2.56. The first-order valence-corrected chi connectivity index (χ1v) is 10.6. The number of halogens is 2. The van der Waals surface area contributed by atoms with Gasteiger partial charge in [0.05, 0.1) is 11.6 Å². The second kappa shape index (κ2) is 10.2. The Morgan fingerprint density at radius 2 is 2.00 bits per heavy atom. The summed E-state index contributed by atoms with van der Waals surface area (Å²) in [5.74, 6) is 1.09. The molecule has 0 amide bonds. The third kappa shape index (κ3) is 5.46. The van der Waals surface area contributed by atoms with Crippen LogP contribution < -0.4 is 14.8 Å². The normalized spacial score (nSPS) is 17.1. The number of hydrogen-bond donors (Lipinski definition) is 1. The zero-order chi connectivity index (χ0) is 19.9. The van der Waals surface area contributed by atoms with Gasteiger partial charge in [-0.15, -0.1) is 0 Å². The van der Waals surface area contributed by atoms with Gasteiger partial charge in [-0.05, 0) is 77.3 Å². The van der Waals surface area contributed by atoms with Gasteiger partial charge in [0.2, 0.25) is 0 Å². The highest BCUT2D eigenvalue weighted by molar-refractivity contribution is 9.10. The molecule has 1 N–H and O–H groups in total. The van der Waals surface area contributed by atoms with E-state index in [1.165, 1.54) is 31.5 Å². The molecule has 1 aliphatic rings. The molecule has 0 unspecified atom stereocenters. The molecule has 2 aromatic carbocycles. The van der Waals surface area contributed by atoms with Crippen LogP contribution in [-0.4, -0.2) is 37.7 Å². The summed E-state index contributed by atoms with van der Waals surface area (Å²) in [4.78, 5) is 2.54. The lowest BCUT2D eigenvalue weighted by molar-refractivity contribution is 0.259. The molecule has 1 fully saturated rings. The Morgan fingerprint density at radius 1 is 1.21 bits per heavy atom. The van der Waals surface area contributed by atoms with Crippen LogP contribution in [0.1, 0.15) is 30.9 Å². The second-order valence-corrected chi connectivity index (χ2v) is 7.93. The third-order valence-corrected chi connectivity index (χ3v) is 5.79. The summed E-state index contributed by atoms with van der Waals surface area (Å²) in [5.41, 5.74) is 2.04. The first-order chi connectivity index (χ1) is 13.6. The number of hydrogen-bond acceptors (Lipinski definition) is 4. The fraction of sp³-hybridized carbons (Fsp3) is 0.455. The van der Waals surface area contributed by atoms with Crippen LogP contribution in [0.25, 0.3) is 0 Å². The Bertz CT molecular complexity index is 770. The molecular formula is C22H28BrFN2O2. The van der Waals surface area contributed by atoms with Gasteiger partial charge in [-0.2, -0.15) is 0 Å². The number of likely N-dealkylation sites (tertiary alicyclic amines) is 1. The van der Waals surface area contributed by atoms with Crippen molar-refractivity contribution in [2.24, 2.45) is 0 Å². The van der Waals surface area contributed by atoms with E-state index >= 15 is 0 Å². The van der Waals surface area contributed by atoms with E-state index in [9.17, 15) is 4.39 Å². The summed E-state index contributed by atoms with van der Waals surface area (Å²) in [5, 5.41) is 3.57. The van der Waals surface area contributed by atoms with Gasteiger partial charge in [0.15, 0.2) is 11.5 Å². The fourth-order valence-electron chi connectivity index (χ4n) is 3.68. The van der Waals surface area contributed by atoms with Crippen LogP contribution in [0.15, 0.2) is 40.9 Å². The van der Waals surface area contributed by atoms with Crippen LogP contribution in [0, 0.1) is 5.82 Å². The predicted octanol–water partition coefficient (Wildman–Crippen LogP) is 4.75. The Morgan fingerprint density at radius 3 is 2.71 bits per heavy atom. The van der Waals surface area contributed by atoms with E-state index in [1.807, 2.05) is 6.07 Å². The van der Waals surface area contributed by atoms with Gasteiger partial charge in [-0.3, -0.25) is 4.90 Å². The van der Waals surface area contributed by atoms with Gasteiger partial charge in [-0.1, -0.05) is 19.1 Å². The molecule has 1 atom stereocenters. The molecule has 0 radical (unpaired) electrons. The van der Waals surface area contributed by atoms with Crippen LogP contribution in [0.2, 0.25) is 0 Å². The number of nitrogens with one attached hydrogen (secondary N) is 1. The Labute approximate surface area is 175 Å². The molecule has 28 heavy (non-hydrogen) atoms. The lowest BCUT2D eigenvalue weighted by Crippen LogP contribution is -2.37. The third-order valence-electron chi connectivity index (χ3n) is 5.20. The molecule has 4 nitrogen and oxygen atoms in total. The van der Waals surface area contributed by atoms with Crippen LogP contribution in [0.4, 0.5) is 4.39 Å². The van der Waals surface area contributed by atoms with Crippen LogP contribution in [0.3, 0.4) is 0 Å². The average Bonchev–Trinajstić information content (AvgIpc) is 3.15. The topological polar surface area (TPSA) is 33.7 Å². The molecular weight excluding hydrogens is 423 g/mol. The van der Waals surface area contributed by atoms with Crippen LogP contribution in [-0.2, 0) is 13.2 Å². The second-order valence-electron chi connectivity index (χ2n) is 7.08. The number of ether oxygens (including phenoxy) is 2. The van der Waals surface area contributed by atoms with Crippen molar-refractivity contribution in [3.63, 3.8) is 0 Å². The maximum absolute atomic E-state index is 13.0. The molecule has 0 aromatic heterocycles. The highest BCUT2D eigenvalue weighted by Gasteiger charge is 2.22. The lowest BCUT2D eigenvalue weighted by atomic mass is 10.1. The minimum atomic E-state index is -0.251. The maximum atomic E-state index is 13.0. The molecule has 3 rings (SSSR count). The van der Waals surface area contributed by atoms with Gasteiger partial charge < -0.3 is 14.8 Å². The highest BCUT2D eigenvalue weighted by Crippen LogP contribution is 2.37. The molecule has 0 spiro atoms. The number of methoxy groups -OCH3 is 1. The van der Waals surface area contributed by atoms with E-state index in [1.54, 1.807) is 19.2 Å².